The van der Waals surface area contributed by atoms with Crippen molar-refractivity contribution in [2.75, 3.05) is 18.5 Å². The van der Waals surface area contributed by atoms with Crippen LogP contribution in [0.3, 0.4) is 0 Å². The monoisotopic (exact) mass is 234 g/mol. The molecule has 0 aromatic rings. The van der Waals surface area contributed by atoms with Gasteiger partial charge in [-0.25, -0.2) is 0 Å². The smallest absolute Gasteiger partial charge is 0.0243 e. The van der Waals surface area contributed by atoms with Crippen molar-refractivity contribution < 1.29 is 0 Å². The summed E-state index contributed by atoms with van der Waals surface area (Å²) in [6.07, 6.45) is 11.3. The number of unbranched alkanes of at least 4 members (excludes halogenated alkanes) is 2. The first kappa shape index (κ1) is 14.5. The number of hydrogen-bond acceptors (Lipinski definition) is 0. The van der Waals surface area contributed by atoms with Gasteiger partial charge in [0.1, 0.15) is 0 Å². The zero-order valence-corrected chi connectivity index (χ0v) is 11.9. The molecule has 0 rings (SSSR count). The average molecular weight is 234 g/mol. The van der Waals surface area contributed by atoms with E-state index >= 15 is 0 Å². The van der Waals surface area contributed by atoms with Crippen LogP contribution in [0.1, 0.15) is 52.9 Å². The minimum Gasteiger partial charge on any atom is -0.167 e. The van der Waals surface area contributed by atoms with E-state index in [0.717, 1.165) is 0 Å². The van der Waals surface area contributed by atoms with E-state index in [1.807, 2.05) is 10.5 Å². The second kappa shape index (κ2) is 8.80. The normalized spacial score (nSPS) is 11.6. The zero-order valence-electron chi connectivity index (χ0n) is 10.2. The second-order valence-corrected chi connectivity index (χ2v) is 10.9. The Labute approximate surface area is 94.0 Å². The standard InChI is InChI=1S/C12H27PS/c1-5-8-11-13(14-4,10-7-3)12-9-6-2/h4-12H2,1-3H3. The summed E-state index contributed by atoms with van der Waals surface area (Å²) in [6.45, 7) is 6.92. The Morgan fingerprint density at radius 3 is 1.64 bits per heavy atom. The van der Waals surface area contributed by atoms with Crippen LogP contribution in [0.15, 0.2) is 0 Å². The SMILES string of the molecule is C=S=P(CCC)(CCCC)CCCC. The summed E-state index contributed by atoms with van der Waals surface area (Å²) < 4.78 is 0. The molecule has 0 aliphatic heterocycles. The summed E-state index contributed by atoms with van der Waals surface area (Å²) >= 11 is 0. The van der Waals surface area contributed by atoms with Crippen LogP contribution in [0.5, 0.6) is 0 Å². The van der Waals surface area contributed by atoms with Gasteiger partial charge in [0, 0.05) is 0 Å². The Balaban J connectivity index is 4.37. The van der Waals surface area contributed by atoms with Gasteiger partial charge in [-0.15, -0.1) is 0 Å². The van der Waals surface area contributed by atoms with E-state index < -0.39 is 6.04 Å². The van der Waals surface area contributed by atoms with Crippen LogP contribution in [-0.4, -0.2) is 24.4 Å². The Hall–Kier alpha value is 0.520. The summed E-state index contributed by atoms with van der Waals surface area (Å²) in [6, 6.07) is -0.705. The number of rotatable bonds is 8. The summed E-state index contributed by atoms with van der Waals surface area (Å²) in [4.78, 5) is 0. The molecule has 0 aliphatic carbocycles. The molecule has 0 atom stereocenters. The third kappa shape index (κ3) is 5.41. The molecule has 0 saturated heterocycles. The molecule has 2 heteroatoms. The highest BCUT2D eigenvalue weighted by Crippen LogP contribution is 2.48. The summed E-state index contributed by atoms with van der Waals surface area (Å²) in [5.41, 5.74) is 0. The highest BCUT2D eigenvalue weighted by Gasteiger charge is 2.14. The van der Waals surface area contributed by atoms with Crippen molar-refractivity contribution in [3.8, 4) is 0 Å². The maximum atomic E-state index is 4.15. The van der Waals surface area contributed by atoms with Crippen LogP contribution in [0, 0.1) is 0 Å². The molecule has 86 valence electrons. The molecule has 0 aromatic carbocycles. The van der Waals surface area contributed by atoms with Crippen molar-refractivity contribution in [2.45, 2.75) is 52.9 Å². The molecular formula is C12H27PS. The molecule has 0 aromatic heterocycles. The van der Waals surface area contributed by atoms with Crippen molar-refractivity contribution in [2.24, 2.45) is 0 Å². The van der Waals surface area contributed by atoms with E-state index in [2.05, 4.69) is 26.6 Å². The molecule has 14 heavy (non-hydrogen) atoms. The van der Waals surface area contributed by atoms with Crippen molar-refractivity contribution in [3.05, 3.63) is 0 Å². The Kier molecular flexibility index (Phi) is 9.13. The predicted octanol–water partition coefficient (Wildman–Crippen LogP) is 4.44. The van der Waals surface area contributed by atoms with Gasteiger partial charge >= 0.3 is 0 Å². The Morgan fingerprint density at radius 1 is 0.857 bits per heavy atom. The van der Waals surface area contributed by atoms with E-state index in [0.29, 0.717) is 0 Å². The molecule has 0 fully saturated rings. The minimum absolute atomic E-state index is 0.705. The van der Waals surface area contributed by atoms with E-state index in [4.69, 9.17) is 0 Å². The van der Waals surface area contributed by atoms with Crippen LogP contribution in [0.25, 0.3) is 0 Å². The Bertz CT molecular complexity index is 192. The summed E-state index contributed by atoms with van der Waals surface area (Å²) in [5.74, 6) is 4.15. The number of hydrogen-bond donors (Lipinski definition) is 0. The van der Waals surface area contributed by atoms with E-state index in [1.54, 1.807) is 0 Å². The summed E-state index contributed by atoms with van der Waals surface area (Å²) in [5, 5.41) is 0. The van der Waals surface area contributed by atoms with Crippen LogP contribution in [-0.2, 0) is 10.5 Å². The maximum absolute atomic E-state index is 4.15. The largest absolute Gasteiger partial charge is 0.167 e. The van der Waals surface area contributed by atoms with Gasteiger partial charge < -0.3 is 0 Å². The van der Waals surface area contributed by atoms with E-state index in [-0.39, 0.29) is 0 Å². The van der Waals surface area contributed by atoms with Gasteiger partial charge in [-0.05, 0) is 37.2 Å². The predicted molar refractivity (Wildman–Crippen MR) is 76.1 cm³/mol. The molecular weight excluding hydrogens is 207 g/mol. The van der Waals surface area contributed by atoms with Gasteiger partial charge in [0.25, 0.3) is 0 Å². The molecule has 0 amide bonds. The van der Waals surface area contributed by atoms with Gasteiger partial charge in [0.15, 0.2) is 0 Å². The first-order chi connectivity index (χ1) is 6.74. The summed E-state index contributed by atoms with van der Waals surface area (Å²) in [7, 11) is 1.98. The fraction of sp³-hybridized carbons (Fsp3) is 0.917. The lowest BCUT2D eigenvalue weighted by atomic mass is 10.4. The van der Waals surface area contributed by atoms with Crippen LogP contribution in [0.2, 0.25) is 0 Å². The van der Waals surface area contributed by atoms with Crippen LogP contribution < -0.4 is 0 Å². The molecule has 0 radical (unpaired) electrons. The highest BCUT2D eigenvalue weighted by molar-refractivity contribution is 8.21. The highest BCUT2D eigenvalue weighted by atomic mass is 32.5. The third-order valence-electron chi connectivity index (χ3n) is 2.74. The average Bonchev–Trinajstić information content (AvgIpc) is 2.22. The van der Waals surface area contributed by atoms with Gasteiger partial charge in [-0.3, -0.25) is 0 Å². The van der Waals surface area contributed by atoms with E-state index in [9.17, 15) is 0 Å². The van der Waals surface area contributed by atoms with Gasteiger partial charge in [0.2, 0.25) is 0 Å². The molecule has 0 bridgehead atoms. The molecule has 0 aliphatic rings. The fourth-order valence-corrected chi connectivity index (χ4v) is 7.97. The first-order valence-electron chi connectivity index (χ1n) is 6.04. The molecule has 0 N–H and O–H groups in total. The van der Waals surface area contributed by atoms with Crippen LogP contribution >= 0.6 is 6.04 Å². The van der Waals surface area contributed by atoms with Crippen LogP contribution in [0.4, 0.5) is 0 Å². The van der Waals surface area contributed by atoms with Crippen molar-refractivity contribution in [3.63, 3.8) is 0 Å². The topological polar surface area (TPSA) is 0 Å². The zero-order chi connectivity index (χ0) is 10.9. The first-order valence-corrected chi connectivity index (χ1v) is 9.98. The van der Waals surface area contributed by atoms with E-state index in [1.165, 1.54) is 50.6 Å². The van der Waals surface area contributed by atoms with Crippen molar-refractivity contribution in [1.82, 2.24) is 0 Å². The molecule has 0 unspecified atom stereocenters. The lowest BCUT2D eigenvalue weighted by Gasteiger charge is -2.22. The Morgan fingerprint density at radius 2 is 1.36 bits per heavy atom. The molecule has 0 nitrogen and oxygen atoms in total. The van der Waals surface area contributed by atoms with Gasteiger partial charge in [-0.2, -0.15) is 10.5 Å². The van der Waals surface area contributed by atoms with Crippen molar-refractivity contribution >= 4 is 22.4 Å². The molecule has 0 heterocycles. The lowest BCUT2D eigenvalue weighted by molar-refractivity contribution is 0.862. The molecule has 0 spiro atoms. The molecule has 0 saturated carbocycles. The van der Waals surface area contributed by atoms with Crippen molar-refractivity contribution in [1.29, 1.82) is 0 Å². The minimum atomic E-state index is -0.705. The van der Waals surface area contributed by atoms with Gasteiger partial charge in [-0.1, -0.05) is 46.1 Å². The quantitative estimate of drug-likeness (QED) is 0.430. The third-order valence-corrected chi connectivity index (χ3v) is 10.1. The second-order valence-electron chi connectivity index (χ2n) is 4.07. The maximum Gasteiger partial charge on any atom is -0.0243 e. The fourth-order valence-electron chi connectivity index (χ4n) is 1.83. The van der Waals surface area contributed by atoms with Gasteiger partial charge in [0.05, 0.1) is 0 Å². The lowest BCUT2D eigenvalue weighted by Crippen LogP contribution is -2.00.